The standard InChI is InChI=1S/C21H23N5/c1-17-7-5-6-10-19(17)23-21-22-12-11-20(24-21)26-15-13-25(14-16-26)18-8-3-2-4-9-18/h2-12H,13-16H2,1H3,(H,22,23,24). The molecule has 0 radical (unpaired) electrons. The average molecular weight is 345 g/mol. The van der Waals surface area contributed by atoms with Gasteiger partial charge in [0.15, 0.2) is 0 Å². The summed E-state index contributed by atoms with van der Waals surface area (Å²) >= 11 is 0. The first kappa shape index (κ1) is 16.4. The van der Waals surface area contributed by atoms with Crippen molar-refractivity contribution in [3.05, 3.63) is 72.4 Å². The molecule has 2 heterocycles. The Balaban J connectivity index is 1.44. The highest BCUT2D eigenvalue weighted by atomic mass is 15.3. The molecule has 0 amide bonds. The second-order valence-electron chi connectivity index (χ2n) is 6.49. The zero-order valence-electron chi connectivity index (χ0n) is 15.0. The third-order valence-corrected chi connectivity index (χ3v) is 4.76. The number of hydrogen-bond donors (Lipinski definition) is 1. The highest BCUT2D eigenvalue weighted by Crippen LogP contribution is 2.21. The SMILES string of the molecule is Cc1ccccc1Nc1nccc(N2CCN(c3ccccc3)CC2)n1. The van der Waals surface area contributed by atoms with Gasteiger partial charge in [-0.05, 0) is 36.8 Å². The highest BCUT2D eigenvalue weighted by Gasteiger charge is 2.18. The maximum atomic E-state index is 4.72. The summed E-state index contributed by atoms with van der Waals surface area (Å²) in [5, 5.41) is 3.33. The fourth-order valence-corrected chi connectivity index (χ4v) is 3.25. The lowest BCUT2D eigenvalue weighted by molar-refractivity contribution is 0.647. The third-order valence-electron chi connectivity index (χ3n) is 4.76. The first-order valence-corrected chi connectivity index (χ1v) is 9.00. The normalized spacial score (nSPS) is 14.3. The number of benzene rings is 2. The van der Waals surface area contributed by atoms with Gasteiger partial charge in [-0.3, -0.25) is 0 Å². The van der Waals surface area contributed by atoms with Crippen LogP contribution in [-0.2, 0) is 0 Å². The van der Waals surface area contributed by atoms with E-state index in [2.05, 4.69) is 63.4 Å². The van der Waals surface area contributed by atoms with Crippen molar-refractivity contribution < 1.29 is 0 Å². The number of rotatable bonds is 4. The van der Waals surface area contributed by atoms with Crippen LogP contribution >= 0.6 is 0 Å². The molecule has 5 heteroatoms. The van der Waals surface area contributed by atoms with Gasteiger partial charge in [0.2, 0.25) is 5.95 Å². The smallest absolute Gasteiger partial charge is 0.229 e. The van der Waals surface area contributed by atoms with Crippen LogP contribution in [0.3, 0.4) is 0 Å². The molecule has 26 heavy (non-hydrogen) atoms. The second kappa shape index (κ2) is 7.44. The van der Waals surface area contributed by atoms with E-state index in [4.69, 9.17) is 4.98 Å². The van der Waals surface area contributed by atoms with Gasteiger partial charge in [0, 0.05) is 43.8 Å². The van der Waals surface area contributed by atoms with E-state index >= 15 is 0 Å². The molecule has 1 aromatic heterocycles. The number of aryl methyl sites for hydroxylation is 1. The van der Waals surface area contributed by atoms with Gasteiger partial charge in [-0.25, -0.2) is 4.98 Å². The largest absolute Gasteiger partial charge is 0.368 e. The van der Waals surface area contributed by atoms with E-state index in [-0.39, 0.29) is 0 Å². The van der Waals surface area contributed by atoms with Gasteiger partial charge in [-0.2, -0.15) is 4.98 Å². The Hall–Kier alpha value is -3.08. The van der Waals surface area contributed by atoms with Crippen LogP contribution in [-0.4, -0.2) is 36.1 Å². The summed E-state index contributed by atoms with van der Waals surface area (Å²) in [6.45, 7) is 5.98. The minimum absolute atomic E-state index is 0.641. The van der Waals surface area contributed by atoms with Crippen molar-refractivity contribution in [2.45, 2.75) is 6.92 Å². The Morgan fingerprint density at radius 3 is 2.27 bits per heavy atom. The lowest BCUT2D eigenvalue weighted by atomic mass is 10.2. The second-order valence-corrected chi connectivity index (χ2v) is 6.49. The molecule has 0 unspecified atom stereocenters. The topological polar surface area (TPSA) is 44.3 Å². The van der Waals surface area contributed by atoms with Gasteiger partial charge < -0.3 is 15.1 Å². The van der Waals surface area contributed by atoms with E-state index in [0.717, 1.165) is 37.7 Å². The molecule has 0 saturated carbocycles. The predicted molar refractivity (Wildman–Crippen MR) is 107 cm³/mol. The van der Waals surface area contributed by atoms with Gasteiger partial charge in [0.25, 0.3) is 0 Å². The predicted octanol–water partition coefficient (Wildman–Crippen LogP) is 3.86. The van der Waals surface area contributed by atoms with Gasteiger partial charge >= 0.3 is 0 Å². The zero-order chi connectivity index (χ0) is 17.8. The molecule has 1 aliphatic heterocycles. The van der Waals surface area contributed by atoms with E-state index in [1.54, 1.807) is 0 Å². The molecule has 0 atom stereocenters. The van der Waals surface area contributed by atoms with Crippen molar-refractivity contribution in [1.82, 2.24) is 9.97 Å². The van der Waals surface area contributed by atoms with E-state index in [1.807, 2.05) is 30.5 Å². The number of para-hydroxylation sites is 2. The maximum Gasteiger partial charge on any atom is 0.229 e. The molecule has 132 valence electrons. The van der Waals surface area contributed by atoms with Gasteiger partial charge in [0.1, 0.15) is 5.82 Å². The minimum Gasteiger partial charge on any atom is -0.368 e. The third kappa shape index (κ3) is 3.61. The first-order chi connectivity index (χ1) is 12.8. The Morgan fingerprint density at radius 1 is 0.808 bits per heavy atom. The number of piperazine rings is 1. The van der Waals surface area contributed by atoms with E-state index in [0.29, 0.717) is 5.95 Å². The average Bonchev–Trinajstić information content (AvgIpc) is 2.71. The molecule has 5 nitrogen and oxygen atoms in total. The molecule has 0 spiro atoms. The summed E-state index contributed by atoms with van der Waals surface area (Å²) in [5.74, 6) is 1.62. The van der Waals surface area contributed by atoms with Crippen LogP contribution in [0.4, 0.5) is 23.1 Å². The molecule has 1 aliphatic rings. The molecule has 1 fully saturated rings. The van der Waals surface area contributed by atoms with Crippen molar-refractivity contribution in [3.63, 3.8) is 0 Å². The molecule has 2 aromatic carbocycles. The Labute approximate surface area is 154 Å². The number of anilines is 4. The highest BCUT2D eigenvalue weighted by molar-refractivity contribution is 5.59. The van der Waals surface area contributed by atoms with Crippen molar-refractivity contribution in [3.8, 4) is 0 Å². The molecule has 3 aromatic rings. The van der Waals surface area contributed by atoms with Crippen LogP contribution in [0.25, 0.3) is 0 Å². The number of nitrogens with zero attached hydrogens (tertiary/aromatic N) is 4. The van der Waals surface area contributed by atoms with Crippen LogP contribution in [0.2, 0.25) is 0 Å². The van der Waals surface area contributed by atoms with Crippen molar-refractivity contribution in [2.24, 2.45) is 0 Å². The maximum absolute atomic E-state index is 4.72. The van der Waals surface area contributed by atoms with Crippen molar-refractivity contribution >= 4 is 23.1 Å². The summed E-state index contributed by atoms with van der Waals surface area (Å²) < 4.78 is 0. The lowest BCUT2D eigenvalue weighted by Gasteiger charge is -2.36. The van der Waals surface area contributed by atoms with Gasteiger partial charge in [-0.1, -0.05) is 36.4 Å². The summed E-state index contributed by atoms with van der Waals surface area (Å²) in [5.41, 5.74) is 3.51. The van der Waals surface area contributed by atoms with Gasteiger partial charge in [-0.15, -0.1) is 0 Å². The van der Waals surface area contributed by atoms with Crippen LogP contribution in [0.15, 0.2) is 66.9 Å². The summed E-state index contributed by atoms with van der Waals surface area (Å²) in [6, 6.07) is 20.7. The molecule has 1 saturated heterocycles. The van der Waals surface area contributed by atoms with E-state index in [1.165, 1.54) is 11.3 Å². The summed E-state index contributed by atoms with van der Waals surface area (Å²) in [4.78, 5) is 13.8. The minimum atomic E-state index is 0.641. The Kier molecular flexibility index (Phi) is 4.69. The van der Waals surface area contributed by atoms with Crippen molar-refractivity contribution in [2.75, 3.05) is 41.3 Å². The fraction of sp³-hybridized carbons (Fsp3) is 0.238. The Bertz CT molecular complexity index is 857. The van der Waals surface area contributed by atoms with E-state index < -0.39 is 0 Å². The van der Waals surface area contributed by atoms with Gasteiger partial charge in [0.05, 0.1) is 0 Å². The fourth-order valence-electron chi connectivity index (χ4n) is 3.25. The van der Waals surface area contributed by atoms with Crippen LogP contribution < -0.4 is 15.1 Å². The summed E-state index contributed by atoms with van der Waals surface area (Å²) in [7, 11) is 0. The number of aromatic nitrogens is 2. The van der Waals surface area contributed by atoms with Crippen LogP contribution in [0, 0.1) is 6.92 Å². The molecular formula is C21H23N5. The molecular weight excluding hydrogens is 322 g/mol. The number of nitrogens with one attached hydrogen (secondary N) is 1. The molecule has 0 aliphatic carbocycles. The quantitative estimate of drug-likeness (QED) is 0.778. The Morgan fingerprint density at radius 2 is 1.50 bits per heavy atom. The van der Waals surface area contributed by atoms with Crippen LogP contribution in [0.1, 0.15) is 5.56 Å². The molecule has 0 bridgehead atoms. The number of hydrogen-bond acceptors (Lipinski definition) is 5. The van der Waals surface area contributed by atoms with E-state index in [9.17, 15) is 0 Å². The summed E-state index contributed by atoms with van der Waals surface area (Å²) in [6.07, 6.45) is 1.83. The van der Waals surface area contributed by atoms with Crippen LogP contribution in [0.5, 0.6) is 0 Å². The molecule has 1 N–H and O–H groups in total. The first-order valence-electron chi connectivity index (χ1n) is 9.00. The lowest BCUT2D eigenvalue weighted by Crippen LogP contribution is -2.46. The molecule has 4 rings (SSSR count). The monoisotopic (exact) mass is 345 g/mol. The van der Waals surface area contributed by atoms with Crippen molar-refractivity contribution in [1.29, 1.82) is 0 Å². The zero-order valence-corrected chi connectivity index (χ0v) is 15.0.